The van der Waals surface area contributed by atoms with E-state index in [1.165, 1.54) is 0 Å². The minimum atomic E-state index is 0.558. The van der Waals surface area contributed by atoms with Crippen LogP contribution in [0.4, 0.5) is 5.82 Å². The standard InChI is InChI=1S/C27H32ClN7O/c1-33(2)14-15-36-22-8-6-19(7-9-22)23-17-31-35-26(29)25(20-4-3-5-21(28)16-20)24(32-27(23)35)18-34-12-10-30-11-13-34/h3-9,16-17,30H,10-15,18,29H2,1-2H3. The monoisotopic (exact) mass is 505 g/mol. The molecule has 0 amide bonds. The Labute approximate surface area is 216 Å². The minimum absolute atomic E-state index is 0.558. The topological polar surface area (TPSA) is 84.0 Å². The number of benzene rings is 2. The Morgan fingerprint density at radius 3 is 2.58 bits per heavy atom. The van der Waals surface area contributed by atoms with Crippen molar-refractivity contribution in [2.75, 3.05) is 59.2 Å². The predicted octanol–water partition coefficient (Wildman–Crippen LogP) is 3.64. The average molecular weight is 506 g/mol. The van der Waals surface area contributed by atoms with Crippen LogP contribution in [-0.2, 0) is 6.54 Å². The highest BCUT2D eigenvalue weighted by Gasteiger charge is 2.21. The molecule has 2 aromatic carbocycles. The van der Waals surface area contributed by atoms with Crippen LogP contribution in [0.1, 0.15) is 5.69 Å². The molecular weight excluding hydrogens is 474 g/mol. The summed E-state index contributed by atoms with van der Waals surface area (Å²) in [5.74, 6) is 1.40. The van der Waals surface area contributed by atoms with Gasteiger partial charge in [-0.1, -0.05) is 35.9 Å². The maximum Gasteiger partial charge on any atom is 0.165 e. The lowest BCUT2D eigenvalue weighted by molar-refractivity contribution is 0.231. The number of aromatic nitrogens is 3. The van der Waals surface area contributed by atoms with E-state index in [9.17, 15) is 0 Å². The molecule has 0 spiro atoms. The smallest absolute Gasteiger partial charge is 0.165 e. The molecule has 1 aliphatic rings. The van der Waals surface area contributed by atoms with Gasteiger partial charge in [0.05, 0.1) is 11.9 Å². The van der Waals surface area contributed by atoms with E-state index in [4.69, 9.17) is 27.1 Å². The van der Waals surface area contributed by atoms with Crippen LogP contribution in [0.2, 0.25) is 5.02 Å². The lowest BCUT2D eigenvalue weighted by atomic mass is 10.0. The van der Waals surface area contributed by atoms with Gasteiger partial charge in [0.15, 0.2) is 5.65 Å². The Kier molecular flexibility index (Phi) is 7.38. The molecule has 36 heavy (non-hydrogen) atoms. The second-order valence-electron chi connectivity index (χ2n) is 9.33. The maximum atomic E-state index is 6.76. The zero-order valence-electron chi connectivity index (χ0n) is 20.7. The van der Waals surface area contributed by atoms with Crippen LogP contribution < -0.4 is 15.8 Å². The molecule has 0 atom stereocenters. The number of nitrogens with zero attached hydrogens (tertiary/aromatic N) is 5. The molecule has 0 radical (unpaired) electrons. The van der Waals surface area contributed by atoms with E-state index in [-0.39, 0.29) is 0 Å². The number of fused-ring (bicyclic) bond motifs is 1. The van der Waals surface area contributed by atoms with Gasteiger partial charge in [-0.15, -0.1) is 0 Å². The molecule has 8 nitrogen and oxygen atoms in total. The number of piperazine rings is 1. The summed E-state index contributed by atoms with van der Waals surface area (Å²) < 4.78 is 7.58. The fourth-order valence-electron chi connectivity index (χ4n) is 4.50. The Morgan fingerprint density at radius 2 is 1.86 bits per heavy atom. The van der Waals surface area contributed by atoms with Gasteiger partial charge in [0, 0.05) is 55.4 Å². The van der Waals surface area contributed by atoms with Crippen molar-refractivity contribution in [2.45, 2.75) is 6.54 Å². The van der Waals surface area contributed by atoms with Crippen LogP contribution in [0.5, 0.6) is 5.75 Å². The van der Waals surface area contributed by atoms with Crippen molar-refractivity contribution < 1.29 is 4.74 Å². The third-order valence-corrected chi connectivity index (χ3v) is 6.66. The van der Waals surface area contributed by atoms with Crippen molar-refractivity contribution in [3.8, 4) is 28.0 Å². The molecule has 4 aromatic rings. The number of ether oxygens (including phenoxy) is 1. The lowest BCUT2D eigenvalue weighted by Crippen LogP contribution is -2.43. The summed E-state index contributed by atoms with van der Waals surface area (Å²) in [5.41, 5.74) is 12.2. The Morgan fingerprint density at radius 1 is 1.08 bits per heavy atom. The molecule has 2 aromatic heterocycles. The van der Waals surface area contributed by atoms with Crippen LogP contribution in [0, 0.1) is 0 Å². The zero-order chi connectivity index (χ0) is 25.1. The first-order valence-corrected chi connectivity index (χ1v) is 12.6. The molecule has 0 unspecified atom stereocenters. The first kappa shape index (κ1) is 24.5. The van der Waals surface area contributed by atoms with Gasteiger partial charge in [-0.25, -0.2) is 4.98 Å². The van der Waals surface area contributed by atoms with Crippen LogP contribution >= 0.6 is 11.6 Å². The number of halogens is 1. The van der Waals surface area contributed by atoms with Crippen LogP contribution in [0.3, 0.4) is 0 Å². The van der Waals surface area contributed by atoms with E-state index in [0.29, 0.717) is 24.0 Å². The summed E-state index contributed by atoms with van der Waals surface area (Å²) in [6.07, 6.45) is 1.83. The molecule has 3 N–H and O–H groups in total. The van der Waals surface area contributed by atoms with Gasteiger partial charge in [0.25, 0.3) is 0 Å². The minimum Gasteiger partial charge on any atom is -0.492 e. The molecule has 1 fully saturated rings. The average Bonchev–Trinajstić information content (AvgIpc) is 3.29. The van der Waals surface area contributed by atoms with Gasteiger partial charge in [-0.3, -0.25) is 4.90 Å². The fraction of sp³-hybridized carbons (Fsp3) is 0.333. The number of nitrogen functional groups attached to an aromatic ring is 1. The van der Waals surface area contributed by atoms with E-state index >= 15 is 0 Å². The molecule has 188 valence electrons. The van der Waals surface area contributed by atoms with Crippen molar-refractivity contribution in [1.82, 2.24) is 29.7 Å². The van der Waals surface area contributed by atoms with E-state index in [0.717, 1.165) is 72.1 Å². The highest BCUT2D eigenvalue weighted by atomic mass is 35.5. The normalized spacial score (nSPS) is 14.6. The van der Waals surface area contributed by atoms with Gasteiger partial charge in [0.2, 0.25) is 0 Å². The number of likely N-dealkylation sites (N-methyl/N-ethyl adjacent to an activating group) is 1. The van der Waals surface area contributed by atoms with E-state index in [1.54, 1.807) is 4.52 Å². The van der Waals surface area contributed by atoms with E-state index < -0.39 is 0 Å². The molecule has 0 saturated carbocycles. The molecule has 9 heteroatoms. The second-order valence-corrected chi connectivity index (χ2v) is 9.76. The van der Waals surface area contributed by atoms with E-state index in [1.807, 2.05) is 68.8 Å². The van der Waals surface area contributed by atoms with Crippen molar-refractivity contribution >= 4 is 23.1 Å². The lowest BCUT2D eigenvalue weighted by Gasteiger charge is -2.28. The highest BCUT2D eigenvalue weighted by Crippen LogP contribution is 2.35. The number of hydrogen-bond donors (Lipinski definition) is 2. The Bertz CT molecular complexity index is 1330. The second kappa shape index (κ2) is 10.8. The Balaban J connectivity index is 1.54. The third-order valence-electron chi connectivity index (χ3n) is 6.43. The molecule has 1 saturated heterocycles. The number of anilines is 1. The predicted molar refractivity (Wildman–Crippen MR) is 145 cm³/mol. The first-order chi connectivity index (χ1) is 17.5. The van der Waals surface area contributed by atoms with Crippen molar-refractivity contribution in [2.24, 2.45) is 0 Å². The first-order valence-electron chi connectivity index (χ1n) is 12.2. The fourth-order valence-corrected chi connectivity index (χ4v) is 4.69. The Hall–Kier alpha value is -3.17. The number of nitrogens with two attached hydrogens (primary N) is 1. The van der Waals surface area contributed by atoms with Crippen molar-refractivity contribution in [1.29, 1.82) is 0 Å². The summed E-state index contributed by atoms with van der Waals surface area (Å²) in [5, 5.41) is 8.69. The number of rotatable bonds is 8. The summed E-state index contributed by atoms with van der Waals surface area (Å²) in [6, 6.07) is 15.8. The van der Waals surface area contributed by atoms with Gasteiger partial charge >= 0.3 is 0 Å². The number of hydrogen-bond acceptors (Lipinski definition) is 7. The van der Waals surface area contributed by atoms with Gasteiger partial charge in [0.1, 0.15) is 18.2 Å². The molecule has 3 heterocycles. The highest BCUT2D eigenvalue weighted by molar-refractivity contribution is 6.30. The van der Waals surface area contributed by atoms with Gasteiger partial charge in [-0.2, -0.15) is 9.61 Å². The zero-order valence-corrected chi connectivity index (χ0v) is 21.5. The quantitative estimate of drug-likeness (QED) is 0.378. The maximum absolute atomic E-state index is 6.76. The summed E-state index contributed by atoms with van der Waals surface area (Å²) in [6.45, 7) is 6.06. The van der Waals surface area contributed by atoms with Crippen LogP contribution in [0.25, 0.3) is 27.9 Å². The van der Waals surface area contributed by atoms with Gasteiger partial charge in [-0.05, 0) is 49.5 Å². The van der Waals surface area contributed by atoms with Crippen molar-refractivity contribution in [3.05, 3.63) is 65.4 Å². The summed E-state index contributed by atoms with van der Waals surface area (Å²) >= 11 is 6.34. The largest absolute Gasteiger partial charge is 0.492 e. The van der Waals surface area contributed by atoms with Crippen LogP contribution in [-0.4, -0.2) is 77.8 Å². The van der Waals surface area contributed by atoms with Gasteiger partial charge < -0.3 is 20.7 Å². The molecule has 1 aliphatic heterocycles. The summed E-state index contributed by atoms with van der Waals surface area (Å²) in [7, 11) is 4.06. The molecule has 5 rings (SSSR count). The molecular formula is C27H32ClN7O. The van der Waals surface area contributed by atoms with Crippen molar-refractivity contribution in [3.63, 3.8) is 0 Å². The molecule has 0 bridgehead atoms. The third kappa shape index (κ3) is 5.32. The van der Waals surface area contributed by atoms with Crippen LogP contribution in [0.15, 0.2) is 54.7 Å². The van der Waals surface area contributed by atoms with E-state index in [2.05, 4.69) is 20.2 Å². The number of nitrogens with one attached hydrogen (secondary N) is 1. The summed E-state index contributed by atoms with van der Waals surface area (Å²) in [4.78, 5) is 9.64. The SMILES string of the molecule is CN(C)CCOc1ccc(-c2cnn3c(N)c(-c4cccc(Cl)c4)c(CN4CCNCC4)nc23)cc1. The molecule has 0 aliphatic carbocycles.